The highest BCUT2D eigenvalue weighted by molar-refractivity contribution is 6.58. The summed E-state index contributed by atoms with van der Waals surface area (Å²) in [5.74, 6) is -1.23. The Labute approximate surface area is 259 Å². The number of aromatic nitrogens is 4. The van der Waals surface area contributed by atoms with Gasteiger partial charge < -0.3 is 40.8 Å². The van der Waals surface area contributed by atoms with Crippen molar-refractivity contribution in [2.75, 3.05) is 37.2 Å². The number of methoxy groups -OCH3 is 2. The first-order chi connectivity index (χ1) is 21.6. The second-order valence-electron chi connectivity index (χ2n) is 10.00. The maximum atomic E-state index is 12.8. The largest absolute Gasteiger partial charge is 0.488 e. The molecule has 2 aromatic heterocycles. The number of carbonyl (C=O) groups excluding carboxylic acids is 3. The van der Waals surface area contributed by atoms with Gasteiger partial charge in [0.1, 0.15) is 6.04 Å². The molecule has 15 nitrogen and oxygen atoms in total. The SMILES string of the molecule is COC(=O)CC[C@H](NC(=O)c1ccc(N(C)Cc2cnc3nc(N)nc(NCc4ccc(B(O)O)cc4)c3n2)cc1)C(=O)OC. The van der Waals surface area contributed by atoms with Gasteiger partial charge in [0, 0.05) is 31.3 Å². The fraction of sp³-hybridized carbons (Fsp3) is 0.276. The van der Waals surface area contributed by atoms with Crippen molar-refractivity contribution in [1.29, 1.82) is 0 Å². The van der Waals surface area contributed by atoms with Crippen molar-refractivity contribution in [2.24, 2.45) is 0 Å². The molecule has 4 aromatic rings. The van der Waals surface area contributed by atoms with Gasteiger partial charge in [-0.25, -0.2) is 14.8 Å². The average Bonchev–Trinajstić information content (AvgIpc) is 3.05. The van der Waals surface area contributed by atoms with E-state index in [1.807, 2.05) is 11.9 Å². The van der Waals surface area contributed by atoms with Crippen LogP contribution in [0.5, 0.6) is 0 Å². The highest BCUT2D eigenvalue weighted by atomic mass is 16.5. The topological polar surface area (TPSA) is 215 Å². The smallest absolute Gasteiger partial charge is 0.469 e. The summed E-state index contributed by atoms with van der Waals surface area (Å²) in [5, 5.41) is 24.4. The molecule has 0 saturated carbocycles. The minimum Gasteiger partial charge on any atom is -0.469 e. The van der Waals surface area contributed by atoms with Crippen LogP contribution in [0.15, 0.2) is 54.7 Å². The number of fused-ring (bicyclic) bond motifs is 1. The number of nitrogen functional groups attached to an aromatic ring is 1. The van der Waals surface area contributed by atoms with Crippen LogP contribution < -0.4 is 26.7 Å². The van der Waals surface area contributed by atoms with Gasteiger partial charge in [-0.1, -0.05) is 24.3 Å². The Bertz CT molecular complexity index is 1660. The van der Waals surface area contributed by atoms with E-state index in [0.29, 0.717) is 46.8 Å². The molecule has 4 rings (SSSR count). The first kappa shape index (κ1) is 32.6. The molecule has 234 valence electrons. The van der Waals surface area contributed by atoms with Crippen molar-refractivity contribution in [3.8, 4) is 0 Å². The second kappa shape index (κ2) is 14.9. The summed E-state index contributed by atoms with van der Waals surface area (Å²) in [6, 6.07) is 12.5. The third-order valence-electron chi connectivity index (χ3n) is 6.84. The van der Waals surface area contributed by atoms with Crippen molar-refractivity contribution in [2.45, 2.75) is 32.0 Å². The Kier molecular flexibility index (Phi) is 10.8. The Hall–Kier alpha value is -5.35. The number of ether oxygens (including phenoxy) is 2. The molecule has 0 spiro atoms. The van der Waals surface area contributed by atoms with Gasteiger partial charge in [-0.3, -0.25) is 9.59 Å². The van der Waals surface area contributed by atoms with E-state index < -0.39 is 31.0 Å². The number of hydrogen-bond donors (Lipinski definition) is 5. The quantitative estimate of drug-likeness (QED) is 0.0999. The fourth-order valence-corrected chi connectivity index (χ4v) is 4.35. The van der Waals surface area contributed by atoms with E-state index in [1.54, 1.807) is 54.7 Å². The molecule has 0 aliphatic heterocycles. The summed E-state index contributed by atoms with van der Waals surface area (Å²) in [4.78, 5) is 55.9. The molecule has 2 heterocycles. The summed E-state index contributed by atoms with van der Waals surface area (Å²) in [6.45, 7) is 0.728. The molecule has 0 fully saturated rings. The van der Waals surface area contributed by atoms with E-state index in [1.165, 1.54) is 14.2 Å². The van der Waals surface area contributed by atoms with Crippen LogP contribution in [0.3, 0.4) is 0 Å². The lowest BCUT2D eigenvalue weighted by atomic mass is 9.80. The van der Waals surface area contributed by atoms with Gasteiger partial charge in [0.25, 0.3) is 5.91 Å². The van der Waals surface area contributed by atoms with Crippen molar-refractivity contribution in [1.82, 2.24) is 25.3 Å². The summed E-state index contributed by atoms with van der Waals surface area (Å²) in [5.41, 5.74) is 9.61. The third kappa shape index (κ3) is 8.61. The molecular formula is C29H33BN8O7. The van der Waals surface area contributed by atoms with Crippen LogP contribution in [0, 0.1) is 0 Å². The van der Waals surface area contributed by atoms with Crippen LogP contribution in [-0.2, 0) is 32.2 Å². The van der Waals surface area contributed by atoms with E-state index >= 15 is 0 Å². The average molecular weight is 616 g/mol. The minimum atomic E-state index is -1.54. The molecule has 16 heteroatoms. The number of rotatable bonds is 13. The standard InChI is InChI=1S/C29H33BN8O7/c1-38(21-10-6-18(7-11-21)27(40)35-22(28(41)45-3)12-13-23(39)44-2)16-20-15-33-26-24(34-20)25(36-29(31)37-26)32-14-17-4-8-19(9-5-17)30(42)43/h4-11,15,22,42-43H,12-14,16H2,1-3H3,(H,35,40)(H3,31,32,33,36,37)/t22-/m0/s1. The lowest BCUT2D eigenvalue weighted by Crippen LogP contribution is -2.41. The zero-order valence-electron chi connectivity index (χ0n) is 24.9. The molecule has 45 heavy (non-hydrogen) atoms. The third-order valence-corrected chi connectivity index (χ3v) is 6.84. The summed E-state index contributed by atoms with van der Waals surface area (Å²) in [7, 11) is 2.76. The maximum absolute atomic E-state index is 12.8. The van der Waals surface area contributed by atoms with Crippen LogP contribution >= 0.6 is 0 Å². The molecule has 6 N–H and O–H groups in total. The van der Waals surface area contributed by atoms with Crippen LogP contribution in [-0.4, -0.2) is 82.3 Å². The fourth-order valence-electron chi connectivity index (χ4n) is 4.35. The monoisotopic (exact) mass is 616 g/mol. The number of amides is 1. The predicted octanol–water partition coefficient (Wildman–Crippen LogP) is 0.155. The lowest BCUT2D eigenvalue weighted by Gasteiger charge is -2.20. The van der Waals surface area contributed by atoms with Gasteiger partial charge in [-0.15, -0.1) is 0 Å². The number of anilines is 3. The van der Waals surface area contributed by atoms with Gasteiger partial charge in [-0.05, 0) is 41.7 Å². The van der Waals surface area contributed by atoms with Crippen LogP contribution in [0.25, 0.3) is 11.2 Å². The Morgan fingerprint density at radius 1 is 1.00 bits per heavy atom. The Morgan fingerprint density at radius 2 is 1.71 bits per heavy atom. The van der Waals surface area contributed by atoms with Crippen molar-refractivity contribution < 1.29 is 33.9 Å². The molecule has 0 bridgehead atoms. The molecule has 0 radical (unpaired) electrons. The van der Waals surface area contributed by atoms with Gasteiger partial charge in [0.2, 0.25) is 5.95 Å². The number of esters is 2. The molecule has 0 saturated heterocycles. The van der Waals surface area contributed by atoms with Gasteiger partial charge in [-0.2, -0.15) is 9.97 Å². The van der Waals surface area contributed by atoms with Crippen LogP contribution in [0.4, 0.5) is 17.5 Å². The zero-order chi connectivity index (χ0) is 32.5. The van der Waals surface area contributed by atoms with E-state index in [0.717, 1.165) is 11.3 Å². The summed E-state index contributed by atoms with van der Waals surface area (Å²) < 4.78 is 9.36. The van der Waals surface area contributed by atoms with Crippen molar-refractivity contribution in [3.05, 3.63) is 71.5 Å². The first-order valence-corrected chi connectivity index (χ1v) is 13.8. The first-order valence-electron chi connectivity index (χ1n) is 13.8. The number of nitrogens with zero attached hydrogens (tertiary/aromatic N) is 5. The predicted molar refractivity (Wildman–Crippen MR) is 166 cm³/mol. The molecular weight excluding hydrogens is 583 g/mol. The summed E-state index contributed by atoms with van der Waals surface area (Å²) >= 11 is 0. The van der Waals surface area contributed by atoms with Gasteiger partial charge in [0.15, 0.2) is 17.0 Å². The Morgan fingerprint density at radius 3 is 2.36 bits per heavy atom. The number of benzene rings is 2. The highest BCUT2D eigenvalue weighted by Crippen LogP contribution is 2.21. The van der Waals surface area contributed by atoms with Crippen molar-refractivity contribution >= 4 is 59.0 Å². The zero-order valence-corrected chi connectivity index (χ0v) is 24.9. The summed E-state index contributed by atoms with van der Waals surface area (Å²) in [6.07, 6.45) is 1.58. The van der Waals surface area contributed by atoms with E-state index in [-0.39, 0.29) is 18.8 Å². The van der Waals surface area contributed by atoms with E-state index in [9.17, 15) is 24.4 Å². The normalized spacial score (nSPS) is 11.4. The number of hydrogen-bond acceptors (Lipinski definition) is 14. The molecule has 0 aliphatic rings. The van der Waals surface area contributed by atoms with E-state index in [4.69, 9.17) is 15.5 Å². The second-order valence-corrected chi connectivity index (χ2v) is 10.00. The maximum Gasteiger partial charge on any atom is 0.488 e. The molecule has 0 unspecified atom stereocenters. The van der Waals surface area contributed by atoms with Crippen molar-refractivity contribution in [3.63, 3.8) is 0 Å². The van der Waals surface area contributed by atoms with E-state index in [2.05, 4.69) is 30.3 Å². The lowest BCUT2D eigenvalue weighted by molar-refractivity contribution is -0.144. The minimum absolute atomic E-state index is 0.0356. The number of nitrogens with two attached hydrogens (primary N) is 1. The molecule has 2 aromatic carbocycles. The van der Waals surface area contributed by atoms with Gasteiger partial charge in [0.05, 0.1) is 32.7 Å². The van der Waals surface area contributed by atoms with Gasteiger partial charge >= 0.3 is 19.1 Å². The number of nitrogens with one attached hydrogen (secondary N) is 2. The molecule has 0 aliphatic carbocycles. The van der Waals surface area contributed by atoms with Crippen LogP contribution in [0.1, 0.15) is 34.5 Å². The Balaban J connectivity index is 1.43. The highest BCUT2D eigenvalue weighted by Gasteiger charge is 2.23. The van der Waals surface area contributed by atoms with Crippen LogP contribution in [0.2, 0.25) is 0 Å². The number of carbonyl (C=O) groups is 3. The molecule has 1 amide bonds. The molecule has 1 atom stereocenters.